The second-order valence-corrected chi connectivity index (χ2v) is 5.82. The van der Waals surface area contributed by atoms with E-state index in [9.17, 15) is 4.39 Å². The Kier molecular flexibility index (Phi) is 5.58. The van der Waals surface area contributed by atoms with Crippen molar-refractivity contribution in [1.29, 1.82) is 0 Å². The molecule has 0 fully saturated rings. The maximum absolute atomic E-state index is 13.3. The maximum atomic E-state index is 13.3. The lowest BCUT2D eigenvalue weighted by molar-refractivity contribution is 0.617. The van der Waals surface area contributed by atoms with Crippen molar-refractivity contribution in [1.82, 2.24) is 25.4 Å². The quantitative estimate of drug-likeness (QED) is 0.547. The molecule has 0 aliphatic rings. The molecule has 3 aromatic rings. The number of aliphatic imine (C=N–C) groups is 1. The molecule has 0 bridgehead atoms. The minimum absolute atomic E-state index is 0.198. The largest absolute Gasteiger partial charge is 0.352 e. The Morgan fingerprint density at radius 3 is 2.62 bits per heavy atom. The summed E-state index contributed by atoms with van der Waals surface area (Å²) in [4.78, 5) is 4.21. The van der Waals surface area contributed by atoms with Gasteiger partial charge in [-0.05, 0) is 36.2 Å². The number of guanidine groups is 1. The van der Waals surface area contributed by atoms with Gasteiger partial charge in [0.05, 0.1) is 6.54 Å². The SMILES string of the molecule is CN=C(NCc1ccc(F)c(C)c1)NCc1nncn1-c1ccccc1. The van der Waals surface area contributed by atoms with E-state index in [1.807, 2.05) is 41.0 Å². The minimum atomic E-state index is -0.198. The van der Waals surface area contributed by atoms with E-state index in [1.165, 1.54) is 6.07 Å². The molecule has 0 atom stereocenters. The van der Waals surface area contributed by atoms with E-state index in [1.54, 1.807) is 26.4 Å². The number of nitrogens with zero attached hydrogens (tertiary/aromatic N) is 4. The normalized spacial score (nSPS) is 11.4. The molecule has 1 heterocycles. The maximum Gasteiger partial charge on any atom is 0.191 e. The summed E-state index contributed by atoms with van der Waals surface area (Å²) >= 11 is 0. The fraction of sp³-hybridized carbons (Fsp3) is 0.211. The van der Waals surface area contributed by atoms with Crippen molar-refractivity contribution in [2.45, 2.75) is 20.0 Å². The molecule has 2 N–H and O–H groups in total. The van der Waals surface area contributed by atoms with Gasteiger partial charge in [0.15, 0.2) is 11.8 Å². The molecule has 3 rings (SSSR count). The van der Waals surface area contributed by atoms with Crippen LogP contribution < -0.4 is 10.6 Å². The molecule has 6 nitrogen and oxygen atoms in total. The molecular formula is C19H21FN6. The first-order valence-corrected chi connectivity index (χ1v) is 8.31. The summed E-state index contributed by atoms with van der Waals surface area (Å²) in [7, 11) is 1.70. The number of hydrogen-bond donors (Lipinski definition) is 2. The molecule has 1 aromatic heterocycles. The first-order chi connectivity index (χ1) is 12.7. The summed E-state index contributed by atoms with van der Waals surface area (Å²) in [6.45, 7) is 2.77. The molecule has 0 amide bonds. The summed E-state index contributed by atoms with van der Waals surface area (Å²) in [5.74, 6) is 1.21. The lowest BCUT2D eigenvalue weighted by atomic mass is 10.1. The van der Waals surface area contributed by atoms with E-state index in [4.69, 9.17) is 0 Å². The monoisotopic (exact) mass is 352 g/mol. The highest BCUT2D eigenvalue weighted by molar-refractivity contribution is 5.79. The number of aryl methyl sites for hydroxylation is 1. The predicted molar refractivity (Wildman–Crippen MR) is 99.5 cm³/mol. The third-order valence-electron chi connectivity index (χ3n) is 3.97. The van der Waals surface area contributed by atoms with Crippen LogP contribution in [0.15, 0.2) is 59.9 Å². The van der Waals surface area contributed by atoms with Gasteiger partial charge in [-0.2, -0.15) is 0 Å². The molecular weight excluding hydrogens is 331 g/mol. The van der Waals surface area contributed by atoms with Gasteiger partial charge in [-0.15, -0.1) is 10.2 Å². The number of rotatable bonds is 5. The Bertz CT molecular complexity index is 888. The van der Waals surface area contributed by atoms with Gasteiger partial charge in [0.1, 0.15) is 12.1 Å². The van der Waals surface area contributed by atoms with Crippen LogP contribution >= 0.6 is 0 Å². The molecule has 7 heteroatoms. The lowest BCUT2D eigenvalue weighted by Gasteiger charge is -2.13. The Balaban J connectivity index is 1.60. The van der Waals surface area contributed by atoms with Crippen molar-refractivity contribution in [3.63, 3.8) is 0 Å². The van der Waals surface area contributed by atoms with Gasteiger partial charge >= 0.3 is 0 Å². The number of para-hydroxylation sites is 1. The van der Waals surface area contributed by atoms with Crippen molar-refractivity contribution < 1.29 is 4.39 Å². The average molecular weight is 352 g/mol. The molecule has 0 saturated carbocycles. The Hall–Kier alpha value is -3.22. The lowest BCUT2D eigenvalue weighted by Crippen LogP contribution is -2.37. The van der Waals surface area contributed by atoms with E-state index in [0.29, 0.717) is 24.6 Å². The topological polar surface area (TPSA) is 67.1 Å². The van der Waals surface area contributed by atoms with Crippen LogP contribution in [0.2, 0.25) is 0 Å². The first-order valence-electron chi connectivity index (χ1n) is 8.31. The molecule has 0 aliphatic carbocycles. The standard InChI is InChI=1S/C19H21FN6/c1-14-10-15(8-9-17(14)20)11-22-19(21-2)23-12-18-25-24-13-26(18)16-6-4-3-5-7-16/h3-10,13H,11-12H2,1-2H3,(H2,21,22,23). The number of benzene rings is 2. The third kappa shape index (κ3) is 4.24. The van der Waals surface area contributed by atoms with E-state index in [2.05, 4.69) is 25.8 Å². The van der Waals surface area contributed by atoms with Crippen LogP contribution in [0.3, 0.4) is 0 Å². The number of hydrogen-bond acceptors (Lipinski definition) is 3. The van der Waals surface area contributed by atoms with Crippen LogP contribution in [0.1, 0.15) is 17.0 Å². The average Bonchev–Trinajstić information content (AvgIpc) is 3.14. The summed E-state index contributed by atoms with van der Waals surface area (Å²) in [6.07, 6.45) is 1.68. The first kappa shape index (κ1) is 17.6. The summed E-state index contributed by atoms with van der Waals surface area (Å²) < 4.78 is 15.3. The molecule has 0 spiro atoms. The van der Waals surface area contributed by atoms with Gasteiger partial charge < -0.3 is 10.6 Å². The minimum Gasteiger partial charge on any atom is -0.352 e. The summed E-state index contributed by atoms with van der Waals surface area (Å²) in [5.41, 5.74) is 2.61. The van der Waals surface area contributed by atoms with E-state index in [0.717, 1.165) is 17.1 Å². The molecule has 26 heavy (non-hydrogen) atoms. The van der Waals surface area contributed by atoms with Crippen LogP contribution in [0, 0.1) is 12.7 Å². The zero-order valence-corrected chi connectivity index (χ0v) is 14.8. The van der Waals surface area contributed by atoms with Gasteiger partial charge in [0, 0.05) is 19.3 Å². The zero-order chi connectivity index (χ0) is 18.4. The van der Waals surface area contributed by atoms with Gasteiger partial charge in [-0.3, -0.25) is 9.56 Å². The fourth-order valence-electron chi connectivity index (χ4n) is 2.57. The Morgan fingerprint density at radius 1 is 1.12 bits per heavy atom. The number of nitrogens with one attached hydrogen (secondary N) is 2. The van der Waals surface area contributed by atoms with Crippen LogP contribution in [0.5, 0.6) is 0 Å². The zero-order valence-electron chi connectivity index (χ0n) is 14.8. The van der Waals surface area contributed by atoms with E-state index < -0.39 is 0 Å². The highest BCUT2D eigenvalue weighted by Crippen LogP contribution is 2.10. The molecule has 0 aliphatic heterocycles. The Morgan fingerprint density at radius 2 is 1.88 bits per heavy atom. The van der Waals surface area contributed by atoms with Crippen molar-refractivity contribution in [2.75, 3.05) is 7.05 Å². The number of halogens is 1. The van der Waals surface area contributed by atoms with Crippen LogP contribution in [0.4, 0.5) is 4.39 Å². The molecule has 134 valence electrons. The molecule has 0 radical (unpaired) electrons. The van der Waals surface area contributed by atoms with Gasteiger partial charge in [0.2, 0.25) is 0 Å². The molecule has 0 unspecified atom stereocenters. The molecule has 0 saturated heterocycles. The Labute approximate surface area is 151 Å². The predicted octanol–water partition coefficient (Wildman–Crippen LogP) is 2.58. The smallest absolute Gasteiger partial charge is 0.191 e. The van der Waals surface area contributed by atoms with Crippen molar-refractivity contribution in [3.8, 4) is 5.69 Å². The third-order valence-corrected chi connectivity index (χ3v) is 3.97. The van der Waals surface area contributed by atoms with Crippen molar-refractivity contribution in [2.24, 2.45) is 4.99 Å². The van der Waals surface area contributed by atoms with Crippen molar-refractivity contribution in [3.05, 3.63) is 77.6 Å². The fourth-order valence-corrected chi connectivity index (χ4v) is 2.57. The summed E-state index contributed by atoms with van der Waals surface area (Å²) in [5, 5.41) is 14.6. The van der Waals surface area contributed by atoms with E-state index >= 15 is 0 Å². The highest BCUT2D eigenvalue weighted by Gasteiger charge is 2.07. The summed E-state index contributed by atoms with van der Waals surface area (Å²) in [6, 6.07) is 15.0. The van der Waals surface area contributed by atoms with Gasteiger partial charge in [-0.1, -0.05) is 30.3 Å². The van der Waals surface area contributed by atoms with Gasteiger partial charge in [-0.25, -0.2) is 4.39 Å². The molecule has 2 aromatic carbocycles. The van der Waals surface area contributed by atoms with Crippen LogP contribution in [0.25, 0.3) is 5.69 Å². The van der Waals surface area contributed by atoms with Gasteiger partial charge in [0.25, 0.3) is 0 Å². The van der Waals surface area contributed by atoms with Crippen LogP contribution in [-0.4, -0.2) is 27.8 Å². The second kappa shape index (κ2) is 8.24. The highest BCUT2D eigenvalue weighted by atomic mass is 19.1. The number of aromatic nitrogens is 3. The van der Waals surface area contributed by atoms with E-state index in [-0.39, 0.29) is 5.82 Å². The van der Waals surface area contributed by atoms with Crippen LogP contribution in [-0.2, 0) is 13.1 Å². The van der Waals surface area contributed by atoms with Crippen molar-refractivity contribution >= 4 is 5.96 Å². The second-order valence-electron chi connectivity index (χ2n) is 5.82.